The van der Waals surface area contributed by atoms with Gasteiger partial charge >= 0.3 is 0 Å². The number of nitrogens with two attached hydrogens (primary N) is 1. The van der Waals surface area contributed by atoms with Crippen molar-refractivity contribution in [3.63, 3.8) is 0 Å². The van der Waals surface area contributed by atoms with Crippen LogP contribution in [0.1, 0.15) is 6.92 Å². The van der Waals surface area contributed by atoms with Crippen molar-refractivity contribution >= 4 is 0 Å². The monoisotopic (exact) mass is 215 g/mol. The van der Waals surface area contributed by atoms with Gasteiger partial charge in [0.25, 0.3) is 0 Å². The molecule has 1 aliphatic heterocycles. The lowest BCUT2D eigenvalue weighted by Crippen LogP contribution is -2.46. The van der Waals surface area contributed by atoms with E-state index in [1.54, 1.807) is 0 Å². The molecule has 1 saturated heterocycles. The summed E-state index contributed by atoms with van der Waals surface area (Å²) in [7, 11) is 0. The zero-order chi connectivity index (χ0) is 10.9. The van der Waals surface area contributed by atoms with Crippen molar-refractivity contribution in [3.05, 3.63) is 0 Å². The number of rotatable bonds is 7. The Morgan fingerprint density at radius 1 is 1.27 bits per heavy atom. The Bertz CT molecular complexity index is 145. The fourth-order valence-corrected chi connectivity index (χ4v) is 1.69. The largest absolute Gasteiger partial charge is 0.316 e. The van der Waals surface area contributed by atoms with Gasteiger partial charge in [-0.05, 0) is 6.92 Å². The maximum atomic E-state index is 5.57. The summed E-state index contributed by atoms with van der Waals surface area (Å²) in [6.07, 6.45) is 0.0972. The Kier molecular flexibility index (Phi) is 6.87. The van der Waals surface area contributed by atoms with E-state index < -0.39 is 0 Å². The molecule has 0 spiro atoms. The molecule has 0 aromatic heterocycles. The third-order valence-corrected chi connectivity index (χ3v) is 2.58. The molecule has 5 nitrogen and oxygen atoms in total. The molecule has 1 aliphatic rings. The highest BCUT2D eigenvalue weighted by Gasteiger charge is 2.07. The summed E-state index contributed by atoms with van der Waals surface area (Å²) >= 11 is 0. The van der Waals surface area contributed by atoms with Crippen LogP contribution >= 0.6 is 0 Å². The number of nitrogens with one attached hydrogen (secondary N) is 3. The van der Waals surface area contributed by atoms with Gasteiger partial charge in [0.05, 0.1) is 6.17 Å². The Labute approximate surface area is 92.8 Å². The first-order valence-corrected chi connectivity index (χ1v) is 5.92. The minimum atomic E-state index is 0.0972. The first kappa shape index (κ1) is 12.9. The van der Waals surface area contributed by atoms with Crippen LogP contribution < -0.4 is 21.7 Å². The summed E-state index contributed by atoms with van der Waals surface area (Å²) in [5.41, 5.74) is 5.57. The predicted octanol–water partition coefficient (Wildman–Crippen LogP) is -1.62. The van der Waals surface area contributed by atoms with Crippen molar-refractivity contribution in [2.75, 3.05) is 52.4 Å². The molecule has 1 rings (SSSR count). The molecule has 0 bridgehead atoms. The second-order valence-corrected chi connectivity index (χ2v) is 4.08. The minimum absolute atomic E-state index is 0.0972. The fraction of sp³-hybridized carbons (Fsp3) is 1.00. The molecule has 5 N–H and O–H groups in total. The molecule has 1 fully saturated rings. The second-order valence-electron chi connectivity index (χ2n) is 4.08. The van der Waals surface area contributed by atoms with Crippen molar-refractivity contribution in [2.24, 2.45) is 5.73 Å². The van der Waals surface area contributed by atoms with Gasteiger partial charge in [-0.25, -0.2) is 0 Å². The van der Waals surface area contributed by atoms with Gasteiger partial charge < -0.3 is 21.7 Å². The van der Waals surface area contributed by atoms with Crippen molar-refractivity contribution in [3.8, 4) is 0 Å². The van der Waals surface area contributed by atoms with Crippen molar-refractivity contribution < 1.29 is 0 Å². The second kappa shape index (κ2) is 8.01. The number of hydrogen-bond donors (Lipinski definition) is 4. The van der Waals surface area contributed by atoms with Crippen LogP contribution in [0.25, 0.3) is 0 Å². The lowest BCUT2D eigenvalue weighted by atomic mass is 10.3. The van der Waals surface area contributed by atoms with Crippen molar-refractivity contribution in [1.29, 1.82) is 0 Å². The smallest absolute Gasteiger partial charge is 0.0517 e. The third-order valence-electron chi connectivity index (χ3n) is 2.58. The standard InChI is InChI=1S/C10H25N5/c1-10(11)14-3-2-12-4-7-15-8-5-13-6-9-15/h10,12-14H,2-9,11H2,1H3. The molecular weight excluding hydrogens is 190 g/mol. The zero-order valence-electron chi connectivity index (χ0n) is 9.76. The topological polar surface area (TPSA) is 65.3 Å². The molecule has 0 aromatic carbocycles. The van der Waals surface area contributed by atoms with E-state index in [1.807, 2.05) is 6.92 Å². The molecule has 0 radical (unpaired) electrons. The van der Waals surface area contributed by atoms with Crippen LogP contribution in [0.15, 0.2) is 0 Å². The quantitative estimate of drug-likeness (QED) is 0.303. The van der Waals surface area contributed by atoms with E-state index in [0.29, 0.717) is 0 Å². The normalized spacial score (nSPS) is 20.4. The first-order valence-electron chi connectivity index (χ1n) is 5.92. The molecule has 1 atom stereocenters. The Morgan fingerprint density at radius 3 is 2.67 bits per heavy atom. The van der Waals surface area contributed by atoms with E-state index in [9.17, 15) is 0 Å². The Hall–Kier alpha value is -0.200. The molecule has 5 heteroatoms. The van der Waals surface area contributed by atoms with E-state index in [2.05, 4.69) is 20.9 Å². The summed E-state index contributed by atoms with van der Waals surface area (Å²) in [6, 6.07) is 0. The van der Waals surface area contributed by atoms with Gasteiger partial charge in [0.1, 0.15) is 0 Å². The van der Waals surface area contributed by atoms with Crippen LogP contribution in [-0.2, 0) is 0 Å². The molecule has 90 valence electrons. The van der Waals surface area contributed by atoms with Crippen LogP contribution in [0.3, 0.4) is 0 Å². The minimum Gasteiger partial charge on any atom is -0.316 e. The maximum Gasteiger partial charge on any atom is 0.0517 e. The Balaban J connectivity index is 1.83. The average Bonchev–Trinajstić information content (AvgIpc) is 2.24. The van der Waals surface area contributed by atoms with E-state index in [-0.39, 0.29) is 6.17 Å². The summed E-state index contributed by atoms with van der Waals surface area (Å²) in [6.45, 7) is 10.7. The Morgan fingerprint density at radius 2 is 2.00 bits per heavy atom. The van der Waals surface area contributed by atoms with Gasteiger partial charge in [0, 0.05) is 52.4 Å². The zero-order valence-corrected chi connectivity index (χ0v) is 9.76. The lowest BCUT2D eigenvalue weighted by molar-refractivity contribution is 0.241. The molecule has 15 heavy (non-hydrogen) atoms. The first-order chi connectivity index (χ1) is 7.29. The van der Waals surface area contributed by atoms with Gasteiger partial charge in [-0.15, -0.1) is 0 Å². The van der Waals surface area contributed by atoms with Crippen LogP contribution in [0.2, 0.25) is 0 Å². The molecule has 1 unspecified atom stereocenters. The van der Waals surface area contributed by atoms with Gasteiger partial charge in [-0.2, -0.15) is 0 Å². The molecule has 0 aliphatic carbocycles. The van der Waals surface area contributed by atoms with Gasteiger partial charge in [-0.1, -0.05) is 0 Å². The SMILES string of the molecule is CC(N)NCCNCCN1CCNCC1. The van der Waals surface area contributed by atoms with Crippen molar-refractivity contribution in [2.45, 2.75) is 13.1 Å². The predicted molar refractivity (Wildman–Crippen MR) is 63.8 cm³/mol. The van der Waals surface area contributed by atoms with E-state index >= 15 is 0 Å². The molecule has 0 saturated carbocycles. The average molecular weight is 215 g/mol. The molecular formula is C10H25N5. The van der Waals surface area contributed by atoms with Gasteiger partial charge in [0.15, 0.2) is 0 Å². The van der Waals surface area contributed by atoms with E-state index in [0.717, 1.165) is 39.3 Å². The van der Waals surface area contributed by atoms with Crippen LogP contribution in [0, 0.1) is 0 Å². The summed E-state index contributed by atoms with van der Waals surface area (Å²) in [5, 5.41) is 9.94. The van der Waals surface area contributed by atoms with Gasteiger partial charge in [-0.3, -0.25) is 4.90 Å². The summed E-state index contributed by atoms with van der Waals surface area (Å²) in [4.78, 5) is 2.49. The molecule has 0 amide bonds. The van der Waals surface area contributed by atoms with E-state index in [1.165, 1.54) is 13.1 Å². The van der Waals surface area contributed by atoms with Gasteiger partial charge in [0.2, 0.25) is 0 Å². The number of hydrogen-bond acceptors (Lipinski definition) is 5. The fourth-order valence-electron chi connectivity index (χ4n) is 1.69. The van der Waals surface area contributed by atoms with Crippen LogP contribution in [0.5, 0.6) is 0 Å². The highest BCUT2D eigenvalue weighted by molar-refractivity contribution is 4.68. The van der Waals surface area contributed by atoms with E-state index in [4.69, 9.17) is 5.73 Å². The third kappa shape index (κ3) is 6.81. The molecule has 1 heterocycles. The summed E-state index contributed by atoms with van der Waals surface area (Å²) < 4.78 is 0. The number of piperazine rings is 1. The van der Waals surface area contributed by atoms with Crippen LogP contribution in [-0.4, -0.2) is 63.4 Å². The van der Waals surface area contributed by atoms with Crippen molar-refractivity contribution in [1.82, 2.24) is 20.9 Å². The highest BCUT2D eigenvalue weighted by atomic mass is 15.2. The molecule has 0 aromatic rings. The lowest BCUT2D eigenvalue weighted by Gasteiger charge is -2.27. The number of nitrogens with zero attached hydrogens (tertiary/aromatic N) is 1. The van der Waals surface area contributed by atoms with Crippen LogP contribution in [0.4, 0.5) is 0 Å². The highest BCUT2D eigenvalue weighted by Crippen LogP contribution is 1.89. The summed E-state index contributed by atoms with van der Waals surface area (Å²) in [5.74, 6) is 0. The maximum absolute atomic E-state index is 5.57.